The zero-order valence-corrected chi connectivity index (χ0v) is 18.7. The number of anilines is 1. The predicted octanol–water partition coefficient (Wildman–Crippen LogP) is 4.55. The van der Waals surface area contributed by atoms with Crippen molar-refractivity contribution in [2.45, 2.75) is 68.7 Å². The second kappa shape index (κ2) is 10.5. The number of carbonyl (C=O) groups is 2. The van der Waals surface area contributed by atoms with Crippen LogP contribution >= 0.6 is 23.1 Å². The Morgan fingerprint density at radius 3 is 2.68 bits per heavy atom. The van der Waals surface area contributed by atoms with Gasteiger partial charge >= 0.3 is 12.0 Å². The predicted molar refractivity (Wildman–Crippen MR) is 113 cm³/mol. The Balaban J connectivity index is 2.02. The number of ether oxygens (including phenoxy) is 1. The summed E-state index contributed by atoms with van der Waals surface area (Å²) in [5, 5.41) is 12.2. The zero-order chi connectivity index (χ0) is 20.7. The van der Waals surface area contributed by atoms with Crippen LogP contribution in [0.15, 0.2) is 10.4 Å². The SMILES string of the molecule is COC(C)(C)CCN(C(=O)Nc1ncc(SCC(=O)O)s1)C1CCC(C)CC1. The van der Waals surface area contributed by atoms with Crippen molar-refractivity contribution in [2.75, 3.05) is 24.7 Å². The van der Waals surface area contributed by atoms with Crippen LogP contribution in [0.5, 0.6) is 0 Å². The van der Waals surface area contributed by atoms with Gasteiger partial charge in [-0.3, -0.25) is 10.1 Å². The van der Waals surface area contributed by atoms with Crippen molar-refractivity contribution in [1.82, 2.24) is 9.88 Å². The first kappa shape index (κ1) is 23.0. The van der Waals surface area contributed by atoms with Crippen LogP contribution < -0.4 is 5.32 Å². The number of amides is 2. The number of carboxylic acids is 1. The minimum atomic E-state index is -0.873. The molecule has 9 heteroatoms. The minimum Gasteiger partial charge on any atom is -0.481 e. The Morgan fingerprint density at radius 2 is 2.07 bits per heavy atom. The molecule has 1 aromatic rings. The molecule has 0 radical (unpaired) electrons. The monoisotopic (exact) mass is 429 g/mol. The van der Waals surface area contributed by atoms with Gasteiger partial charge in [0.05, 0.1) is 21.8 Å². The maximum Gasteiger partial charge on any atom is 0.323 e. The van der Waals surface area contributed by atoms with Crippen LogP contribution in [0.1, 0.15) is 52.9 Å². The summed E-state index contributed by atoms with van der Waals surface area (Å²) in [5.41, 5.74) is -0.289. The Labute approximate surface area is 175 Å². The number of hydrogen-bond acceptors (Lipinski definition) is 6. The number of hydrogen-bond donors (Lipinski definition) is 2. The van der Waals surface area contributed by atoms with Crippen LogP contribution in [0.25, 0.3) is 0 Å². The van der Waals surface area contributed by atoms with E-state index in [0.29, 0.717) is 17.6 Å². The maximum atomic E-state index is 13.0. The molecule has 1 aliphatic carbocycles. The molecule has 158 valence electrons. The van der Waals surface area contributed by atoms with E-state index in [0.717, 1.165) is 36.3 Å². The number of rotatable bonds is 9. The van der Waals surface area contributed by atoms with Crippen LogP contribution in [0, 0.1) is 5.92 Å². The van der Waals surface area contributed by atoms with E-state index < -0.39 is 5.97 Å². The average Bonchev–Trinajstić information content (AvgIpc) is 3.09. The standard InChI is InChI=1S/C19H31N3O4S2/c1-13-5-7-14(8-6-13)22(10-9-19(2,3)26-4)18(25)21-17-20-11-16(28-17)27-12-15(23)24/h11,13-14H,5-10,12H2,1-4H3,(H,23,24)(H,20,21,25). The van der Waals surface area contributed by atoms with Crippen molar-refractivity contribution < 1.29 is 19.4 Å². The Kier molecular flexibility index (Phi) is 8.57. The van der Waals surface area contributed by atoms with Crippen LogP contribution in [0.3, 0.4) is 0 Å². The molecular weight excluding hydrogens is 398 g/mol. The Hall–Kier alpha value is -1.32. The van der Waals surface area contributed by atoms with Crippen LogP contribution in [0.2, 0.25) is 0 Å². The van der Waals surface area contributed by atoms with Crippen molar-refractivity contribution in [2.24, 2.45) is 5.92 Å². The molecule has 7 nitrogen and oxygen atoms in total. The third kappa shape index (κ3) is 7.25. The molecule has 0 saturated heterocycles. The van der Waals surface area contributed by atoms with Crippen molar-refractivity contribution in [3.05, 3.63) is 6.20 Å². The van der Waals surface area contributed by atoms with E-state index in [9.17, 15) is 9.59 Å². The maximum absolute atomic E-state index is 13.0. The van der Waals surface area contributed by atoms with Gasteiger partial charge in [-0.2, -0.15) is 0 Å². The van der Waals surface area contributed by atoms with Crippen LogP contribution in [-0.4, -0.2) is 58.0 Å². The fourth-order valence-electron chi connectivity index (χ4n) is 3.18. The van der Waals surface area contributed by atoms with E-state index in [-0.39, 0.29) is 23.4 Å². The van der Waals surface area contributed by atoms with Gasteiger partial charge in [-0.1, -0.05) is 18.3 Å². The lowest BCUT2D eigenvalue weighted by Crippen LogP contribution is -2.46. The fourth-order valence-corrected chi connectivity index (χ4v) is 4.76. The number of aromatic nitrogens is 1. The third-order valence-electron chi connectivity index (χ3n) is 5.23. The number of thiazole rings is 1. The molecule has 2 rings (SSSR count). The highest BCUT2D eigenvalue weighted by Gasteiger charge is 2.30. The number of nitrogens with zero attached hydrogens (tertiary/aromatic N) is 2. The minimum absolute atomic E-state index is 0.0198. The number of thioether (sulfide) groups is 1. The van der Waals surface area contributed by atoms with Crippen molar-refractivity contribution >= 4 is 40.2 Å². The lowest BCUT2D eigenvalue weighted by Gasteiger charge is -2.37. The molecule has 0 unspecified atom stereocenters. The van der Waals surface area contributed by atoms with Crippen molar-refractivity contribution in [3.63, 3.8) is 0 Å². The fraction of sp³-hybridized carbons (Fsp3) is 0.737. The van der Waals surface area contributed by atoms with E-state index in [2.05, 4.69) is 17.2 Å². The van der Waals surface area contributed by atoms with Gasteiger partial charge in [0, 0.05) is 19.7 Å². The van der Waals surface area contributed by atoms with E-state index in [1.165, 1.54) is 23.1 Å². The average molecular weight is 430 g/mol. The van der Waals surface area contributed by atoms with Gasteiger partial charge < -0.3 is 14.7 Å². The van der Waals surface area contributed by atoms with E-state index in [1.807, 2.05) is 18.7 Å². The number of nitrogens with one attached hydrogen (secondary N) is 1. The van der Waals surface area contributed by atoms with E-state index in [1.54, 1.807) is 13.3 Å². The number of methoxy groups -OCH3 is 1. The largest absolute Gasteiger partial charge is 0.481 e. The molecule has 1 aromatic heterocycles. The third-order valence-corrected chi connectivity index (χ3v) is 7.32. The zero-order valence-electron chi connectivity index (χ0n) is 17.1. The Bertz CT molecular complexity index is 657. The molecule has 1 aliphatic rings. The number of urea groups is 1. The molecule has 1 heterocycles. The molecule has 0 aromatic carbocycles. The first-order valence-corrected chi connectivity index (χ1v) is 11.4. The molecular formula is C19H31N3O4S2. The van der Waals surface area contributed by atoms with Gasteiger partial charge in [0.15, 0.2) is 5.13 Å². The van der Waals surface area contributed by atoms with Gasteiger partial charge in [0.2, 0.25) is 0 Å². The molecule has 2 amide bonds. The molecule has 1 fully saturated rings. The van der Waals surface area contributed by atoms with Gasteiger partial charge in [0.1, 0.15) is 0 Å². The molecule has 28 heavy (non-hydrogen) atoms. The Morgan fingerprint density at radius 1 is 1.39 bits per heavy atom. The van der Waals surface area contributed by atoms with E-state index in [4.69, 9.17) is 9.84 Å². The lowest BCUT2D eigenvalue weighted by atomic mass is 9.86. The molecule has 0 spiro atoms. The van der Waals surface area contributed by atoms with Crippen molar-refractivity contribution in [1.29, 1.82) is 0 Å². The van der Waals surface area contributed by atoms with E-state index >= 15 is 0 Å². The summed E-state index contributed by atoms with van der Waals surface area (Å²) in [4.78, 5) is 29.9. The van der Waals surface area contributed by atoms with Gasteiger partial charge in [-0.25, -0.2) is 9.78 Å². The van der Waals surface area contributed by atoms with Crippen LogP contribution in [-0.2, 0) is 9.53 Å². The highest BCUT2D eigenvalue weighted by Crippen LogP contribution is 2.31. The summed E-state index contributed by atoms with van der Waals surface area (Å²) in [6.07, 6.45) is 6.65. The molecule has 1 saturated carbocycles. The summed E-state index contributed by atoms with van der Waals surface area (Å²) in [6.45, 7) is 6.94. The first-order chi connectivity index (χ1) is 13.2. The quantitative estimate of drug-likeness (QED) is 0.560. The van der Waals surface area contributed by atoms with Crippen LogP contribution in [0.4, 0.5) is 9.93 Å². The second-order valence-electron chi connectivity index (χ2n) is 7.92. The first-order valence-electron chi connectivity index (χ1n) is 9.63. The van der Waals surface area contributed by atoms with Gasteiger partial charge in [-0.05, 0) is 51.9 Å². The van der Waals surface area contributed by atoms with Gasteiger partial charge in [0.25, 0.3) is 0 Å². The smallest absolute Gasteiger partial charge is 0.323 e. The summed E-state index contributed by atoms with van der Waals surface area (Å²) in [7, 11) is 1.69. The summed E-state index contributed by atoms with van der Waals surface area (Å²) in [5.74, 6) is -0.180. The molecule has 2 N–H and O–H groups in total. The summed E-state index contributed by atoms with van der Waals surface area (Å²) in [6, 6.07) is 0.0836. The highest BCUT2D eigenvalue weighted by atomic mass is 32.2. The lowest BCUT2D eigenvalue weighted by molar-refractivity contribution is -0.133. The highest BCUT2D eigenvalue weighted by molar-refractivity contribution is 8.01. The molecule has 0 bridgehead atoms. The second-order valence-corrected chi connectivity index (χ2v) is 10.2. The topological polar surface area (TPSA) is 91.8 Å². The molecule has 0 atom stereocenters. The van der Waals surface area contributed by atoms with Crippen molar-refractivity contribution in [3.8, 4) is 0 Å². The number of carbonyl (C=O) groups excluding carboxylic acids is 1. The van der Waals surface area contributed by atoms with Gasteiger partial charge in [-0.15, -0.1) is 11.8 Å². The number of carboxylic acid groups (broad SMARTS) is 1. The normalized spacial score (nSPS) is 20.0. The summed E-state index contributed by atoms with van der Waals surface area (Å²) >= 11 is 2.51. The number of aliphatic carboxylic acids is 1. The summed E-state index contributed by atoms with van der Waals surface area (Å²) < 4.78 is 6.29. The molecule has 0 aliphatic heterocycles.